The van der Waals surface area contributed by atoms with Crippen molar-refractivity contribution < 1.29 is 9.18 Å². The number of nitrogens with zero attached hydrogens (tertiary/aromatic N) is 3. The summed E-state index contributed by atoms with van der Waals surface area (Å²) in [5.74, 6) is 0.0181. The molecular formula is C29H26FN3O. The second-order valence-corrected chi connectivity index (χ2v) is 9.54. The van der Waals surface area contributed by atoms with E-state index >= 15 is 0 Å². The normalized spacial score (nSPS) is 19.8. The number of piperidine rings is 1. The van der Waals surface area contributed by atoms with E-state index in [2.05, 4.69) is 37.1 Å². The fraction of sp³-hybridized carbons (Fsp3) is 0.241. The van der Waals surface area contributed by atoms with Crippen LogP contribution in [-0.2, 0) is 0 Å². The number of aromatic nitrogens is 1. The maximum Gasteiger partial charge on any atom is 0.259 e. The number of pyridine rings is 1. The molecule has 1 aromatic heterocycles. The highest BCUT2D eigenvalue weighted by molar-refractivity contribution is 6.15. The Morgan fingerprint density at radius 1 is 1.03 bits per heavy atom. The summed E-state index contributed by atoms with van der Waals surface area (Å²) in [7, 11) is 2.15. The summed E-state index contributed by atoms with van der Waals surface area (Å²) in [6.07, 6.45) is 0.939. The lowest BCUT2D eigenvalue weighted by Crippen LogP contribution is -2.47. The van der Waals surface area contributed by atoms with Crippen LogP contribution in [0.15, 0.2) is 72.8 Å². The smallest absolute Gasteiger partial charge is 0.259 e. The fourth-order valence-corrected chi connectivity index (χ4v) is 5.60. The van der Waals surface area contributed by atoms with Gasteiger partial charge in [0, 0.05) is 35.1 Å². The number of fused-ring (bicyclic) bond motifs is 4. The van der Waals surface area contributed by atoms with Crippen LogP contribution in [0.1, 0.15) is 33.8 Å². The number of rotatable bonds is 2. The molecule has 0 spiro atoms. The standard InChI is InChI=1S/C29H26FN3O/c1-18-7-12-27-22(15-18)24-17-32(2)14-13-28(24)33(27)29(34)23-16-26(19-8-10-20(30)11-9-19)31-25-6-4-3-5-21(23)25/h3-12,15-16,24,28H,13-14,17H2,1-2H3. The number of likely N-dealkylation sites (N-methyl/N-ethyl adjacent to an activating group) is 1. The summed E-state index contributed by atoms with van der Waals surface area (Å²) >= 11 is 0. The van der Waals surface area contributed by atoms with Gasteiger partial charge in [-0.15, -0.1) is 0 Å². The molecule has 0 aliphatic carbocycles. The number of para-hydroxylation sites is 1. The first-order valence-corrected chi connectivity index (χ1v) is 11.8. The maximum atomic E-state index is 14.3. The van der Waals surface area contributed by atoms with E-state index in [9.17, 15) is 9.18 Å². The molecule has 4 nitrogen and oxygen atoms in total. The second-order valence-electron chi connectivity index (χ2n) is 9.54. The molecule has 6 rings (SSSR count). The summed E-state index contributed by atoms with van der Waals surface area (Å²) in [6, 6.07) is 22.5. The lowest BCUT2D eigenvalue weighted by molar-refractivity contribution is 0.0966. The van der Waals surface area contributed by atoms with Crippen molar-refractivity contribution in [2.24, 2.45) is 0 Å². The zero-order valence-corrected chi connectivity index (χ0v) is 19.3. The van der Waals surface area contributed by atoms with Crippen molar-refractivity contribution in [2.75, 3.05) is 25.0 Å². The summed E-state index contributed by atoms with van der Waals surface area (Å²) in [6.45, 7) is 4.02. The Morgan fingerprint density at radius 2 is 1.82 bits per heavy atom. The van der Waals surface area contributed by atoms with Gasteiger partial charge >= 0.3 is 0 Å². The summed E-state index contributed by atoms with van der Waals surface area (Å²) < 4.78 is 13.5. The molecule has 2 atom stereocenters. The minimum Gasteiger partial charge on any atom is -0.306 e. The average molecular weight is 452 g/mol. The summed E-state index contributed by atoms with van der Waals surface area (Å²) in [5, 5.41) is 0.836. The number of hydrogen-bond acceptors (Lipinski definition) is 3. The van der Waals surface area contributed by atoms with Crippen LogP contribution in [0, 0.1) is 12.7 Å². The summed E-state index contributed by atoms with van der Waals surface area (Å²) in [5.41, 5.74) is 6.35. The third kappa shape index (κ3) is 3.39. The lowest BCUT2D eigenvalue weighted by atomic mass is 9.88. The van der Waals surface area contributed by atoms with Crippen LogP contribution in [0.2, 0.25) is 0 Å². The highest BCUT2D eigenvalue weighted by atomic mass is 19.1. The van der Waals surface area contributed by atoms with E-state index in [0.29, 0.717) is 17.2 Å². The van der Waals surface area contributed by atoms with Gasteiger partial charge in [0.25, 0.3) is 5.91 Å². The van der Waals surface area contributed by atoms with Crippen molar-refractivity contribution >= 4 is 22.5 Å². The predicted molar refractivity (Wildman–Crippen MR) is 134 cm³/mol. The van der Waals surface area contributed by atoms with Crippen molar-refractivity contribution in [3.05, 3.63) is 95.3 Å². The number of amides is 1. The number of hydrogen-bond donors (Lipinski definition) is 0. The van der Waals surface area contributed by atoms with Gasteiger partial charge in [0.05, 0.1) is 16.8 Å². The van der Waals surface area contributed by atoms with E-state index < -0.39 is 0 Å². The molecule has 170 valence electrons. The highest BCUT2D eigenvalue weighted by Gasteiger charge is 2.44. The van der Waals surface area contributed by atoms with E-state index in [-0.39, 0.29) is 17.8 Å². The van der Waals surface area contributed by atoms with Gasteiger partial charge in [-0.3, -0.25) is 4.79 Å². The highest BCUT2D eigenvalue weighted by Crippen LogP contribution is 2.46. The first-order chi connectivity index (χ1) is 16.5. The van der Waals surface area contributed by atoms with E-state index in [1.54, 1.807) is 12.1 Å². The molecule has 2 aliphatic heterocycles. The molecule has 0 N–H and O–H groups in total. The van der Waals surface area contributed by atoms with Crippen LogP contribution in [0.3, 0.4) is 0 Å². The van der Waals surface area contributed by atoms with Crippen LogP contribution >= 0.6 is 0 Å². The molecule has 0 radical (unpaired) electrons. The molecule has 2 aliphatic rings. The number of benzene rings is 3. The van der Waals surface area contributed by atoms with Gasteiger partial charge in [0.15, 0.2) is 0 Å². The molecule has 34 heavy (non-hydrogen) atoms. The first kappa shape index (κ1) is 21.0. The molecule has 4 aromatic rings. The van der Waals surface area contributed by atoms with Gasteiger partial charge in [-0.1, -0.05) is 35.9 Å². The van der Waals surface area contributed by atoms with E-state index in [4.69, 9.17) is 4.98 Å². The van der Waals surface area contributed by atoms with Crippen LogP contribution in [0.5, 0.6) is 0 Å². The molecular weight excluding hydrogens is 425 g/mol. The first-order valence-electron chi connectivity index (χ1n) is 11.8. The fourth-order valence-electron chi connectivity index (χ4n) is 5.60. The minimum absolute atomic E-state index is 0.00381. The van der Waals surface area contributed by atoms with E-state index in [0.717, 1.165) is 41.7 Å². The van der Waals surface area contributed by atoms with Crippen LogP contribution in [0.25, 0.3) is 22.2 Å². The second kappa shape index (κ2) is 8.03. The Balaban J connectivity index is 1.51. The third-order valence-electron chi connectivity index (χ3n) is 7.26. The predicted octanol–water partition coefficient (Wildman–Crippen LogP) is 5.80. The van der Waals surface area contributed by atoms with E-state index in [1.807, 2.05) is 35.2 Å². The van der Waals surface area contributed by atoms with Crippen molar-refractivity contribution in [3.8, 4) is 11.3 Å². The van der Waals surface area contributed by atoms with Crippen molar-refractivity contribution in [3.63, 3.8) is 0 Å². The molecule has 1 saturated heterocycles. The molecule has 3 aromatic carbocycles. The molecule has 1 fully saturated rings. The lowest BCUT2D eigenvalue weighted by Gasteiger charge is -2.36. The SMILES string of the molecule is Cc1ccc2c(c1)C1CN(C)CCC1N2C(=O)c1cc(-c2ccc(F)cc2)nc2ccccc12. The minimum atomic E-state index is -0.293. The van der Waals surface area contributed by atoms with Gasteiger partial charge in [-0.05, 0) is 75.0 Å². The van der Waals surface area contributed by atoms with Gasteiger partial charge in [0.1, 0.15) is 5.82 Å². The Kier molecular flexibility index (Phi) is 4.96. The van der Waals surface area contributed by atoms with Gasteiger partial charge in [0.2, 0.25) is 0 Å². The Labute approximate surface area is 198 Å². The van der Waals surface area contributed by atoms with Crippen LogP contribution in [-0.4, -0.2) is 42.0 Å². The number of aryl methyl sites for hydroxylation is 1. The monoisotopic (exact) mass is 451 g/mol. The largest absolute Gasteiger partial charge is 0.306 e. The number of carbonyl (C=O) groups excluding carboxylic acids is 1. The third-order valence-corrected chi connectivity index (χ3v) is 7.26. The molecule has 1 amide bonds. The summed E-state index contributed by atoms with van der Waals surface area (Å²) in [4.78, 5) is 23.5. The maximum absolute atomic E-state index is 14.3. The van der Waals surface area contributed by atoms with Crippen molar-refractivity contribution in [1.82, 2.24) is 9.88 Å². The number of anilines is 1. The zero-order valence-electron chi connectivity index (χ0n) is 19.3. The van der Waals surface area contributed by atoms with E-state index in [1.165, 1.54) is 23.3 Å². The van der Waals surface area contributed by atoms with Crippen molar-refractivity contribution in [1.29, 1.82) is 0 Å². The molecule has 0 bridgehead atoms. The zero-order chi connectivity index (χ0) is 23.4. The number of carbonyl (C=O) groups is 1. The van der Waals surface area contributed by atoms with Crippen LogP contribution in [0.4, 0.5) is 10.1 Å². The quantitative estimate of drug-likeness (QED) is 0.387. The Hall–Kier alpha value is -3.57. The number of likely N-dealkylation sites (tertiary alicyclic amines) is 1. The van der Waals surface area contributed by atoms with Gasteiger partial charge in [-0.2, -0.15) is 0 Å². The topological polar surface area (TPSA) is 36.4 Å². The molecule has 0 saturated carbocycles. The van der Waals surface area contributed by atoms with Crippen LogP contribution < -0.4 is 4.90 Å². The van der Waals surface area contributed by atoms with Gasteiger partial charge < -0.3 is 9.80 Å². The molecule has 5 heteroatoms. The number of halogens is 1. The van der Waals surface area contributed by atoms with Crippen molar-refractivity contribution in [2.45, 2.75) is 25.3 Å². The average Bonchev–Trinajstić information content (AvgIpc) is 3.16. The Bertz CT molecular complexity index is 1420. The van der Waals surface area contributed by atoms with Gasteiger partial charge in [-0.25, -0.2) is 9.37 Å². The molecule has 2 unspecified atom stereocenters. The Morgan fingerprint density at radius 3 is 2.65 bits per heavy atom. The molecule has 3 heterocycles.